The average molecular weight is 631 g/mol. The number of alkyl halides is 22. The highest BCUT2D eigenvalue weighted by molar-refractivity contribution is 6.23. The van der Waals surface area contributed by atoms with Gasteiger partial charge < -0.3 is 4.74 Å². The van der Waals surface area contributed by atoms with E-state index in [1.807, 2.05) is 0 Å². The van der Waals surface area contributed by atoms with Crippen molar-refractivity contribution in [2.24, 2.45) is 0 Å². The van der Waals surface area contributed by atoms with E-state index in [2.05, 4.69) is 23.2 Å². The Morgan fingerprint density at radius 3 is 1.11 bits per heavy atom. The molecule has 0 aliphatic heterocycles. The summed E-state index contributed by atoms with van der Waals surface area (Å²) in [5, 5.41) is -14.1. The Hall–Kier alpha value is -1.39. The molecule has 0 fully saturated rings. The molecule has 0 aliphatic carbocycles. The summed E-state index contributed by atoms with van der Waals surface area (Å²) in [6.45, 7) is 0. The van der Waals surface area contributed by atoms with E-state index >= 15 is 0 Å². The molecule has 0 saturated heterocycles. The monoisotopic (exact) mass is 630 g/mol. The first-order valence-corrected chi connectivity index (χ1v) is 7.93. The minimum absolute atomic E-state index is 1.34. The van der Waals surface area contributed by atoms with Gasteiger partial charge in [-0.2, -0.15) is 87.8 Å². The van der Waals surface area contributed by atoms with Crippen molar-refractivity contribution in [3.63, 3.8) is 0 Å². The Morgan fingerprint density at radius 1 is 0.500 bits per heavy atom. The van der Waals surface area contributed by atoms with Crippen LogP contribution in [-0.4, -0.2) is 64.7 Å². The second-order valence-corrected chi connectivity index (χ2v) is 6.86. The van der Waals surface area contributed by atoms with E-state index in [-0.39, 0.29) is 0 Å². The largest absolute Gasteiger partial charge is 0.462 e. The van der Waals surface area contributed by atoms with Gasteiger partial charge >= 0.3 is 64.7 Å². The zero-order chi connectivity index (χ0) is 30.0. The quantitative estimate of drug-likeness (QED) is 0.154. The molecule has 0 aromatic carbocycles. The molecule has 2 unspecified atom stereocenters. The van der Waals surface area contributed by atoms with Gasteiger partial charge in [0.15, 0.2) is 0 Å². The van der Waals surface area contributed by atoms with Crippen LogP contribution in [0.15, 0.2) is 0 Å². The molecule has 36 heavy (non-hydrogen) atoms. The number of esters is 1. The number of hydrogen-bond acceptors (Lipinski definition) is 3. The van der Waals surface area contributed by atoms with Gasteiger partial charge in [-0.15, -0.1) is 0 Å². The fraction of sp³-hybridized carbons (Fsp3) is 0.909. The SMILES string of the molecule is O=C(OC(F)(C(F)(F)Cl)C(F)(F)C(F)(F)C(F)(F)Cl)C(F)(OC(F)(F)C(F)(F)C(F)(F)F)C(F)(F)F. The van der Waals surface area contributed by atoms with Crippen LogP contribution < -0.4 is 0 Å². The zero-order valence-electron chi connectivity index (χ0n) is 15.0. The van der Waals surface area contributed by atoms with Crippen LogP contribution in [0.25, 0.3) is 0 Å². The second-order valence-electron chi connectivity index (χ2n) is 5.91. The molecule has 0 rings (SSSR count). The highest BCUT2D eigenvalue weighted by atomic mass is 35.5. The molecular formula is C11Cl2F20O3. The van der Waals surface area contributed by atoms with E-state index in [1.165, 1.54) is 4.74 Å². The van der Waals surface area contributed by atoms with Gasteiger partial charge in [-0.25, -0.2) is 4.79 Å². The molecule has 0 spiro atoms. The molecule has 0 N–H and O–H groups in total. The van der Waals surface area contributed by atoms with Gasteiger partial charge in [0.2, 0.25) is 0 Å². The van der Waals surface area contributed by atoms with Gasteiger partial charge in [0, 0.05) is 0 Å². The Bertz CT molecular complexity index is 825. The molecule has 0 saturated carbocycles. The van der Waals surface area contributed by atoms with E-state index in [9.17, 15) is 92.6 Å². The molecule has 0 bridgehead atoms. The van der Waals surface area contributed by atoms with Crippen LogP contribution in [0.2, 0.25) is 0 Å². The maximum atomic E-state index is 14.1. The fourth-order valence-corrected chi connectivity index (χ4v) is 1.77. The predicted molar refractivity (Wildman–Crippen MR) is 68.4 cm³/mol. The first kappa shape index (κ1) is 34.6. The van der Waals surface area contributed by atoms with Crippen molar-refractivity contribution in [3.8, 4) is 0 Å². The molecule has 0 heterocycles. The number of ether oxygens (including phenoxy) is 2. The van der Waals surface area contributed by atoms with Crippen molar-refractivity contribution in [1.29, 1.82) is 0 Å². The summed E-state index contributed by atoms with van der Waals surface area (Å²) in [5.74, 6) is -44.9. The van der Waals surface area contributed by atoms with Crippen molar-refractivity contribution in [1.82, 2.24) is 0 Å². The minimum atomic E-state index is -8.17. The lowest BCUT2D eigenvalue weighted by molar-refractivity contribution is -0.478. The highest BCUT2D eigenvalue weighted by Gasteiger charge is 2.89. The number of carbonyl (C=O) groups excluding carboxylic acids is 1. The maximum absolute atomic E-state index is 14.1. The van der Waals surface area contributed by atoms with Crippen molar-refractivity contribution in [2.75, 3.05) is 0 Å². The van der Waals surface area contributed by atoms with E-state index in [0.29, 0.717) is 0 Å². The molecule has 25 heteroatoms. The third-order valence-corrected chi connectivity index (χ3v) is 3.85. The summed E-state index contributed by atoms with van der Waals surface area (Å²) in [6, 6.07) is 0. The first-order chi connectivity index (χ1) is 15.1. The Kier molecular flexibility index (Phi) is 8.49. The van der Waals surface area contributed by atoms with Crippen LogP contribution in [0.3, 0.4) is 0 Å². The lowest BCUT2D eigenvalue weighted by atomic mass is 10.0. The smallest absolute Gasteiger partial charge is 0.411 e. The van der Waals surface area contributed by atoms with Crippen LogP contribution in [-0.2, 0) is 14.3 Å². The van der Waals surface area contributed by atoms with Gasteiger partial charge in [-0.05, 0) is 23.2 Å². The highest BCUT2D eigenvalue weighted by Crippen LogP contribution is 2.59. The van der Waals surface area contributed by atoms with Gasteiger partial charge in [0.05, 0.1) is 0 Å². The molecule has 0 aromatic heterocycles. The number of rotatable bonds is 9. The summed E-state index contributed by atoms with van der Waals surface area (Å²) in [5.41, 5.74) is 0. The van der Waals surface area contributed by atoms with E-state index < -0.39 is 64.7 Å². The third-order valence-electron chi connectivity index (χ3n) is 3.37. The first-order valence-electron chi connectivity index (χ1n) is 7.18. The normalized spacial score (nSPS) is 18.9. The van der Waals surface area contributed by atoms with Crippen molar-refractivity contribution < 1.29 is 102 Å². The Balaban J connectivity index is 6.99. The van der Waals surface area contributed by atoms with Gasteiger partial charge in [0.1, 0.15) is 0 Å². The van der Waals surface area contributed by atoms with Crippen LogP contribution in [0.4, 0.5) is 87.8 Å². The third kappa shape index (κ3) is 5.27. The molecular weight excluding hydrogens is 631 g/mol. The molecule has 216 valence electrons. The summed E-state index contributed by atoms with van der Waals surface area (Å²) in [4.78, 5) is 11.1. The van der Waals surface area contributed by atoms with Crippen molar-refractivity contribution >= 4 is 29.2 Å². The molecule has 0 aromatic rings. The summed E-state index contributed by atoms with van der Waals surface area (Å²) >= 11 is 6.92. The molecule has 0 amide bonds. The second kappa shape index (κ2) is 8.83. The van der Waals surface area contributed by atoms with Crippen LogP contribution in [0, 0.1) is 0 Å². The predicted octanol–water partition coefficient (Wildman–Crippen LogP) is 7.16. The number of halogens is 22. The van der Waals surface area contributed by atoms with Gasteiger partial charge in [0.25, 0.3) is 0 Å². The van der Waals surface area contributed by atoms with Gasteiger partial charge in [-0.1, -0.05) is 0 Å². The molecule has 3 nitrogen and oxygen atoms in total. The Morgan fingerprint density at radius 2 is 0.861 bits per heavy atom. The lowest BCUT2D eigenvalue weighted by Crippen LogP contribution is -2.70. The molecule has 0 aliphatic rings. The van der Waals surface area contributed by atoms with Crippen LogP contribution in [0.5, 0.6) is 0 Å². The van der Waals surface area contributed by atoms with E-state index in [4.69, 9.17) is 0 Å². The van der Waals surface area contributed by atoms with Crippen molar-refractivity contribution in [2.45, 2.75) is 58.7 Å². The van der Waals surface area contributed by atoms with E-state index in [0.717, 1.165) is 0 Å². The number of carbonyl (C=O) groups is 1. The standard InChI is InChI=1S/C11Cl2F20O3/c12-7(22,23)4(17,18)3(15,16)6(21,8(13,24)25)35-1(34)2(14,9(26,27)28)36-11(32,33)5(19,20)10(29,30)31. The van der Waals surface area contributed by atoms with Crippen molar-refractivity contribution in [3.05, 3.63) is 0 Å². The maximum Gasteiger partial charge on any atom is 0.462 e. The Labute approximate surface area is 191 Å². The average Bonchev–Trinajstić information content (AvgIpc) is 2.56. The zero-order valence-corrected chi connectivity index (χ0v) is 16.6. The summed E-state index contributed by atoms with van der Waals surface area (Å²) in [7, 11) is 0. The van der Waals surface area contributed by atoms with Crippen LogP contribution >= 0.6 is 23.2 Å². The summed E-state index contributed by atoms with van der Waals surface area (Å²) in [6.07, 6.45) is -23.5. The molecule has 0 radical (unpaired) electrons. The fourth-order valence-electron chi connectivity index (χ4n) is 1.49. The van der Waals surface area contributed by atoms with Gasteiger partial charge in [-0.3, -0.25) is 4.74 Å². The van der Waals surface area contributed by atoms with E-state index in [1.54, 1.807) is 4.74 Å². The topological polar surface area (TPSA) is 35.5 Å². The molecule has 2 atom stereocenters. The number of hydrogen-bond donors (Lipinski definition) is 0. The minimum Gasteiger partial charge on any atom is -0.411 e. The lowest BCUT2D eigenvalue weighted by Gasteiger charge is -2.41. The summed E-state index contributed by atoms with van der Waals surface area (Å²) < 4.78 is 261. The van der Waals surface area contributed by atoms with Crippen LogP contribution in [0.1, 0.15) is 0 Å².